The fraction of sp³-hybridized carbons (Fsp3) is 0.650. The lowest BCUT2D eigenvalue weighted by molar-refractivity contribution is 0.167. The fourth-order valence-electron chi connectivity index (χ4n) is 3.18. The van der Waals surface area contributed by atoms with Crippen molar-refractivity contribution in [2.45, 2.75) is 52.1 Å². The van der Waals surface area contributed by atoms with Gasteiger partial charge in [0.2, 0.25) is 0 Å². The van der Waals surface area contributed by atoms with Gasteiger partial charge < -0.3 is 20.3 Å². The minimum absolute atomic E-state index is 0.504. The van der Waals surface area contributed by atoms with Crippen LogP contribution in [0.1, 0.15) is 38.7 Å². The van der Waals surface area contributed by atoms with Gasteiger partial charge in [0, 0.05) is 43.8 Å². The summed E-state index contributed by atoms with van der Waals surface area (Å²) in [5.41, 5.74) is 1.07. The highest BCUT2D eigenvalue weighted by molar-refractivity contribution is 6.30. The summed E-state index contributed by atoms with van der Waals surface area (Å²) in [6, 6.07) is 6.85. The second-order valence-corrected chi connectivity index (χ2v) is 7.60. The van der Waals surface area contributed by atoms with Gasteiger partial charge in [0.1, 0.15) is 5.75 Å². The monoisotopic (exact) mass is 380 g/mol. The highest BCUT2D eigenvalue weighted by atomic mass is 35.5. The van der Waals surface area contributed by atoms with Crippen molar-refractivity contribution in [2.75, 3.05) is 33.3 Å². The van der Waals surface area contributed by atoms with Crippen molar-refractivity contribution in [1.82, 2.24) is 15.5 Å². The van der Waals surface area contributed by atoms with E-state index in [1.54, 1.807) is 0 Å². The first-order valence-corrected chi connectivity index (χ1v) is 9.97. The van der Waals surface area contributed by atoms with Gasteiger partial charge in [0.25, 0.3) is 0 Å². The van der Waals surface area contributed by atoms with E-state index in [-0.39, 0.29) is 0 Å². The van der Waals surface area contributed by atoms with Gasteiger partial charge in [-0.1, -0.05) is 11.6 Å². The zero-order chi connectivity index (χ0) is 18.9. The third kappa shape index (κ3) is 6.69. The molecule has 26 heavy (non-hydrogen) atoms. The van der Waals surface area contributed by atoms with E-state index < -0.39 is 0 Å². The summed E-state index contributed by atoms with van der Waals surface area (Å²) in [5.74, 6) is 1.78. The molecule has 0 aromatic heterocycles. The Labute approximate surface area is 163 Å². The number of hydrogen-bond acceptors (Lipinski definition) is 3. The van der Waals surface area contributed by atoms with E-state index in [1.165, 1.54) is 0 Å². The zero-order valence-electron chi connectivity index (χ0n) is 16.5. The second-order valence-electron chi connectivity index (χ2n) is 7.16. The van der Waals surface area contributed by atoms with Crippen molar-refractivity contribution >= 4 is 17.6 Å². The van der Waals surface area contributed by atoms with Crippen LogP contribution in [0.5, 0.6) is 5.75 Å². The third-order valence-corrected chi connectivity index (χ3v) is 5.07. The van der Waals surface area contributed by atoms with E-state index >= 15 is 0 Å². The molecule has 5 nitrogen and oxygen atoms in total. The van der Waals surface area contributed by atoms with Crippen molar-refractivity contribution in [3.63, 3.8) is 0 Å². The van der Waals surface area contributed by atoms with Gasteiger partial charge in [-0.2, -0.15) is 0 Å². The molecule has 0 unspecified atom stereocenters. The van der Waals surface area contributed by atoms with Crippen LogP contribution in [0.4, 0.5) is 0 Å². The number of ether oxygens (including phenoxy) is 1. The molecule has 1 aliphatic heterocycles. The molecule has 2 N–H and O–H groups in total. The van der Waals surface area contributed by atoms with Crippen molar-refractivity contribution in [1.29, 1.82) is 0 Å². The maximum atomic E-state index is 5.97. The third-order valence-electron chi connectivity index (χ3n) is 4.83. The molecular formula is C20H33ClN4O. The first kappa shape index (κ1) is 20.8. The molecule has 146 valence electrons. The molecule has 1 aromatic rings. The van der Waals surface area contributed by atoms with Crippen molar-refractivity contribution in [3.05, 3.63) is 28.8 Å². The molecule has 1 heterocycles. The molecule has 1 aliphatic rings. The van der Waals surface area contributed by atoms with Gasteiger partial charge in [-0.05, 0) is 63.8 Å². The summed E-state index contributed by atoms with van der Waals surface area (Å²) < 4.78 is 5.83. The van der Waals surface area contributed by atoms with E-state index in [0.29, 0.717) is 18.7 Å². The van der Waals surface area contributed by atoms with Gasteiger partial charge in [0.05, 0.1) is 6.61 Å². The van der Waals surface area contributed by atoms with Crippen LogP contribution < -0.4 is 15.4 Å². The molecule has 6 heteroatoms. The summed E-state index contributed by atoms with van der Waals surface area (Å²) >= 11 is 5.97. The van der Waals surface area contributed by atoms with Gasteiger partial charge >= 0.3 is 0 Å². The largest absolute Gasteiger partial charge is 0.493 e. The minimum Gasteiger partial charge on any atom is -0.493 e. The maximum Gasteiger partial charge on any atom is 0.191 e. The van der Waals surface area contributed by atoms with Crippen LogP contribution in [0.25, 0.3) is 0 Å². The van der Waals surface area contributed by atoms with E-state index in [4.69, 9.17) is 16.3 Å². The topological polar surface area (TPSA) is 48.9 Å². The Bertz CT molecular complexity index is 583. The Hall–Kier alpha value is -1.46. The summed E-state index contributed by atoms with van der Waals surface area (Å²) in [6.07, 6.45) is 3.24. The Morgan fingerprint density at radius 2 is 2.08 bits per heavy atom. The minimum atomic E-state index is 0.504. The van der Waals surface area contributed by atoms with Crippen molar-refractivity contribution < 1.29 is 4.74 Å². The Kier molecular flexibility index (Phi) is 8.52. The van der Waals surface area contributed by atoms with E-state index in [0.717, 1.165) is 61.2 Å². The highest BCUT2D eigenvalue weighted by Crippen LogP contribution is 2.21. The Morgan fingerprint density at radius 3 is 2.69 bits per heavy atom. The van der Waals surface area contributed by atoms with Gasteiger partial charge in [-0.3, -0.25) is 4.99 Å². The summed E-state index contributed by atoms with van der Waals surface area (Å²) in [4.78, 5) is 6.87. The van der Waals surface area contributed by atoms with Gasteiger partial charge in [-0.15, -0.1) is 0 Å². The molecule has 1 fully saturated rings. The number of aryl methyl sites for hydroxylation is 1. The predicted molar refractivity (Wildman–Crippen MR) is 111 cm³/mol. The Morgan fingerprint density at radius 1 is 1.35 bits per heavy atom. The van der Waals surface area contributed by atoms with E-state index in [9.17, 15) is 0 Å². The van der Waals surface area contributed by atoms with Crippen LogP contribution in [0.3, 0.4) is 0 Å². The van der Waals surface area contributed by atoms with Crippen LogP contribution >= 0.6 is 11.6 Å². The molecule has 0 saturated carbocycles. The molecule has 1 saturated heterocycles. The standard InChI is InChI=1S/C20H33ClN4O/c1-15(2)25-11-8-18(9-12-25)24-20(22-4)23-10-5-13-26-19-7-6-17(21)14-16(19)3/h6-7,14-15,18H,5,8-13H2,1-4H3,(H2,22,23,24). The number of hydrogen-bond donors (Lipinski definition) is 2. The van der Waals surface area contributed by atoms with Crippen LogP contribution in [-0.4, -0.2) is 56.2 Å². The van der Waals surface area contributed by atoms with Gasteiger partial charge in [-0.25, -0.2) is 0 Å². The molecular weight excluding hydrogens is 348 g/mol. The molecule has 2 rings (SSSR count). The second kappa shape index (κ2) is 10.6. The summed E-state index contributed by atoms with van der Waals surface area (Å²) in [6.45, 7) is 10.3. The number of nitrogens with one attached hydrogen (secondary N) is 2. The number of halogens is 1. The summed E-state index contributed by atoms with van der Waals surface area (Å²) in [7, 11) is 1.83. The lowest BCUT2D eigenvalue weighted by atomic mass is 10.0. The number of rotatable bonds is 7. The maximum absolute atomic E-state index is 5.97. The molecule has 0 spiro atoms. The molecule has 0 atom stereocenters. The molecule has 0 bridgehead atoms. The van der Waals surface area contributed by atoms with Crippen LogP contribution in [0.2, 0.25) is 5.02 Å². The molecule has 1 aromatic carbocycles. The van der Waals surface area contributed by atoms with E-state index in [2.05, 4.69) is 34.4 Å². The number of benzene rings is 1. The van der Waals surface area contributed by atoms with Crippen LogP contribution in [0, 0.1) is 6.92 Å². The van der Waals surface area contributed by atoms with E-state index in [1.807, 2.05) is 32.2 Å². The summed E-state index contributed by atoms with van der Waals surface area (Å²) in [5, 5.41) is 7.67. The smallest absolute Gasteiger partial charge is 0.191 e. The predicted octanol–water partition coefficient (Wildman–Crippen LogP) is 3.46. The number of aliphatic imine (C=N–C) groups is 1. The SMILES string of the molecule is CN=C(NCCCOc1ccc(Cl)cc1C)NC1CCN(C(C)C)CC1. The molecule has 0 aliphatic carbocycles. The first-order chi connectivity index (χ1) is 12.5. The van der Waals surface area contributed by atoms with Gasteiger partial charge in [0.15, 0.2) is 5.96 Å². The molecule has 0 amide bonds. The fourth-order valence-corrected chi connectivity index (χ4v) is 3.41. The molecule has 0 radical (unpaired) electrons. The quantitative estimate of drug-likeness (QED) is 0.432. The lowest BCUT2D eigenvalue weighted by Crippen LogP contribution is -2.50. The number of piperidine rings is 1. The normalized spacial score (nSPS) is 16.8. The number of likely N-dealkylation sites (tertiary alicyclic amines) is 1. The lowest BCUT2D eigenvalue weighted by Gasteiger charge is -2.35. The van der Waals surface area contributed by atoms with Crippen LogP contribution in [0.15, 0.2) is 23.2 Å². The highest BCUT2D eigenvalue weighted by Gasteiger charge is 2.21. The Balaban J connectivity index is 1.63. The van der Waals surface area contributed by atoms with Crippen molar-refractivity contribution in [3.8, 4) is 5.75 Å². The van der Waals surface area contributed by atoms with Crippen molar-refractivity contribution in [2.24, 2.45) is 4.99 Å². The number of nitrogens with zero attached hydrogens (tertiary/aromatic N) is 2. The average molecular weight is 381 g/mol. The van der Waals surface area contributed by atoms with Crippen LogP contribution in [-0.2, 0) is 0 Å². The first-order valence-electron chi connectivity index (χ1n) is 9.59. The number of guanidine groups is 1. The average Bonchev–Trinajstić information content (AvgIpc) is 2.62. The zero-order valence-corrected chi connectivity index (χ0v) is 17.3.